The zero-order valence-corrected chi connectivity index (χ0v) is 15.3. The molecule has 0 N–H and O–H groups in total. The average molecular weight is 389 g/mol. The molecule has 5 nitrogen and oxygen atoms in total. The first-order valence-electron chi connectivity index (χ1n) is 9.03. The molecule has 2 aromatic rings. The van der Waals surface area contributed by atoms with Crippen molar-refractivity contribution in [2.24, 2.45) is 0 Å². The Balaban J connectivity index is 1.41. The monoisotopic (exact) mass is 388 g/mol. The van der Waals surface area contributed by atoms with Crippen LogP contribution in [0.15, 0.2) is 36.4 Å². The summed E-state index contributed by atoms with van der Waals surface area (Å²) in [4.78, 5) is 17.1. The van der Waals surface area contributed by atoms with Crippen LogP contribution in [0.3, 0.4) is 0 Å². The second-order valence-corrected chi connectivity index (χ2v) is 7.54. The number of benzene rings is 2. The van der Waals surface area contributed by atoms with Gasteiger partial charge < -0.3 is 19.3 Å². The van der Waals surface area contributed by atoms with Crippen LogP contribution in [-0.2, 0) is 0 Å². The first-order chi connectivity index (χ1) is 13.1. The Morgan fingerprint density at radius 2 is 1.89 bits per heavy atom. The van der Waals surface area contributed by atoms with Gasteiger partial charge in [-0.05, 0) is 43.2 Å². The summed E-state index contributed by atoms with van der Waals surface area (Å²) >= 11 is 6.09. The van der Waals surface area contributed by atoms with Gasteiger partial charge in [0, 0.05) is 25.2 Å². The number of para-hydroxylation sites is 1. The van der Waals surface area contributed by atoms with Crippen molar-refractivity contribution in [3.63, 3.8) is 0 Å². The van der Waals surface area contributed by atoms with Gasteiger partial charge in [-0.3, -0.25) is 4.79 Å². The summed E-state index contributed by atoms with van der Waals surface area (Å²) in [6, 6.07) is 10.3. The van der Waals surface area contributed by atoms with Crippen LogP contribution < -0.4 is 14.4 Å². The number of likely N-dealkylation sites (tertiary alicyclic amines) is 1. The fourth-order valence-electron chi connectivity index (χ4n) is 4.41. The van der Waals surface area contributed by atoms with E-state index in [1.165, 1.54) is 18.2 Å². The van der Waals surface area contributed by atoms with E-state index in [1.54, 1.807) is 0 Å². The Morgan fingerprint density at radius 3 is 2.63 bits per heavy atom. The molecule has 5 rings (SSSR count). The smallest absolute Gasteiger partial charge is 0.255 e. The third-order valence-electron chi connectivity index (χ3n) is 5.58. The van der Waals surface area contributed by atoms with Gasteiger partial charge >= 0.3 is 0 Å². The number of anilines is 1. The molecule has 140 valence electrons. The van der Waals surface area contributed by atoms with E-state index in [0.717, 1.165) is 30.0 Å². The molecule has 2 fully saturated rings. The van der Waals surface area contributed by atoms with Crippen molar-refractivity contribution >= 4 is 23.2 Å². The van der Waals surface area contributed by atoms with E-state index in [0.29, 0.717) is 18.7 Å². The largest absolute Gasteiger partial charge is 0.454 e. The molecule has 2 unspecified atom stereocenters. The predicted octanol–water partition coefficient (Wildman–Crippen LogP) is 3.70. The van der Waals surface area contributed by atoms with Gasteiger partial charge in [0.25, 0.3) is 5.91 Å². The molecule has 0 saturated carbocycles. The minimum Gasteiger partial charge on any atom is -0.454 e. The van der Waals surface area contributed by atoms with Gasteiger partial charge in [0.2, 0.25) is 6.79 Å². The number of carbonyl (C=O) groups is 1. The van der Waals surface area contributed by atoms with Crippen molar-refractivity contribution < 1.29 is 18.7 Å². The van der Waals surface area contributed by atoms with E-state index in [-0.39, 0.29) is 29.8 Å². The number of halogens is 2. The highest BCUT2D eigenvalue weighted by Gasteiger charge is 2.43. The molecule has 27 heavy (non-hydrogen) atoms. The number of hydrogen-bond donors (Lipinski definition) is 0. The molecule has 2 saturated heterocycles. The molecule has 7 heteroatoms. The minimum atomic E-state index is -0.443. The molecule has 2 atom stereocenters. The average Bonchev–Trinajstić information content (AvgIpc) is 3.23. The first-order valence-corrected chi connectivity index (χ1v) is 9.41. The number of nitrogens with zero attached hydrogens (tertiary/aromatic N) is 2. The van der Waals surface area contributed by atoms with Gasteiger partial charge in [0.05, 0.1) is 16.3 Å². The highest BCUT2D eigenvalue weighted by atomic mass is 35.5. The zero-order valence-electron chi connectivity index (χ0n) is 14.5. The van der Waals surface area contributed by atoms with Gasteiger partial charge in [-0.25, -0.2) is 4.39 Å². The maximum atomic E-state index is 13.3. The number of ether oxygens (including phenoxy) is 2. The van der Waals surface area contributed by atoms with Crippen molar-refractivity contribution in [1.82, 2.24) is 4.90 Å². The maximum absolute atomic E-state index is 13.3. The molecule has 2 bridgehead atoms. The summed E-state index contributed by atoms with van der Waals surface area (Å²) in [6.07, 6.45) is 2.02. The number of piperazine rings is 1. The highest BCUT2D eigenvalue weighted by Crippen LogP contribution is 2.46. The Morgan fingerprint density at radius 1 is 1.11 bits per heavy atom. The normalized spacial score (nSPS) is 23.0. The van der Waals surface area contributed by atoms with E-state index in [9.17, 15) is 9.18 Å². The molecule has 0 spiro atoms. The van der Waals surface area contributed by atoms with Gasteiger partial charge in [0.15, 0.2) is 11.5 Å². The van der Waals surface area contributed by atoms with Crippen LogP contribution in [0.1, 0.15) is 23.2 Å². The maximum Gasteiger partial charge on any atom is 0.255 e. The molecule has 0 aliphatic carbocycles. The summed E-state index contributed by atoms with van der Waals surface area (Å²) in [6.45, 7) is 1.45. The Bertz CT molecular complexity index is 908. The third-order valence-corrected chi connectivity index (χ3v) is 5.90. The van der Waals surface area contributed by atoms with E-state index < -0.39 is 5.82 Å². The molecule has 2 aromatic carbocycles. The fourth-order valence-corrected chi connectivity index (χ4v) is 4.66. The molecular weight excluding hydrogens is 371 g/mol. The Kier molecular flexibility index (Phi) is 3.90. The zero-order chi connectivity index (χ0) is 18.5. The van der Waals surface area contributed by atoms with Gasteiger partial charge in [-0.2, -0.15) is 0 Å². The van der Waals surface area contributed by atoms with Crippen LogP contribution in [-0.4, -0.2) is 42.8 Å². The summed E-state index contributed by atoms with van der Waals surface area (Å²) in [5, 5.41) is 0.154. The second-order valence-electron chi connectivity index (χ2n) is 7.14. The lowest BCUT2D eigenvalue weighted by Gasteiger charge is -2.42. The lowest BCUT2D eigenvalue weighted by Crippen LogP contribution is -2.55. The molecule has 1 amide bonds. The van der Waals surface area contributed by atoms with E-state index in [1.807, 2.05) is 23.1 Å². The second kappa shape index (κ2) is 6.30. The lowest BCUT2D eigenvalue weighted by molar-refractivity contribution is 0.0718. The van der Waals surface area contributed by atoms with Crippen molar-refractivity contribution in [2.75, 3.05) is 24.8 Å². The van der Waals surface area contributed by atoms with Crippen LogP contribution in [0.4, 0.5) is 10.1 Å². The predicted molar refractivity (Wildman–Crippen MR) is 99.2 cm³/mol. The van der Waals surface area contributed by atoms with Crippen LogP contribution in [0.5, 0.6) is 11.5 Å². The summed E-state index contributed by atoms with van der Waals surface area (Å²) in [5.41, 5.74) is 1.38. The molecule has 3 aliphatic rings. The summed E-state index contributed by atoms with van der Waals surface area (Å²) in [5.74, 6) is 0.968. The Labute approximate surface area is 161 Å². The van der Waals surface area contributed by atoms with Crippen molar-refractivity contribution in [3.8, 4) is 11.5 Å². The molecule has 3 heterocycles. The SMILES string of the molecule is O=C(c1ccc(F)cc1Cl)N1CC2CCC(C1)N2c1cccc2c1OCO2. The van der Waals surface area contributed by atoms with E-state index in [4.69, 9.17) is 21.1 Å². The van der Waals surface area contributed by atoms with Gasteiger partial charge in [-0.1, -0.05) is 17.7 Å². The van der Waals surface area contributed by atoms with Crippen molar-refractivity contribution in [3.05, 3.63) is 52.8 Å². The molecule has 0 radical (unpaired) electrons. The van der Waals surface area contributed by atoms with Crippen molar-refractivity contribution in [1.29, 1.82) is 0 Å². The molecular formula is C20H18ClFN2O3. The quantitative estimate of drug-likeness (QED) is 0.786. The minimum absolute atomic E-state index is 0.144. The van der Waals surface area contributed by atoms with Crippen LogP contribution >= 0.6 is 11.6 Å². The molecule has 3 aliphatic heterocycles. The topological polar surface area (TPSA) is 42.0 Å². The van der Waals surface area contributed by atoms with E-state index >= 15 is 0 Å². The first kappa shape index (κ1) is 16.7. The number of carbonyl (C=O) groups excluding carboxylic acids is 1. The Hall–Kier alpha value is -2.47. The van der Waals surface area contributed by atoms with Crippen LogP contribution in [0.25, 0.3) is 0 Å². The number of rotatable bonds is 2. The lowest BCUT2D eigenvalue weighted by atomic mass is 10.1. The fraction of sp³-hybridized carbons (Fsp3) is 0.350. The third kappa shape index (κ3) is 2.70. The van der Waals surface area contributed by atoms with E-state index in [2.05, 4.69) is 4.90 Å². The van der Waals surface area contributed by atoms with Crippen LogP contribution in [0, 0.1) is 5.82 Å². The summed E-state index contributed by atoms with van der Waals surface area (Å²) < 4.78 is 24.5. The number of amides is 1. The summed E-state index contributed by atoms with van der Waals surface area (Å²) in [7, 11) is 0. The number of fused-ring (bicyclic) bond motifs is 3. The van der Waals surface area contributed by atoms with Crippen LogP contribution in [0.2, 0.25) is 5.02 Å². The van der Waals surface area contributed by atoms with Gasteiger partial charge in [-0.15, -0.1) is 0 Å². The molecule has 0 aromatic heterocycles. The highest BCUT2D eigenvalue weighted by molar-refractivity contribution is 6.33. The standard InChI is InChI=1S/C20H18ClFN2O3/c21-16-8-12(22)4-7-15(16)20(25)23-9-13-5-6-14(10-23)24(13)17-2-1-3-18-19(17)27-11-26-18/h1-4,7-8,13-14H,5-6,9-11H2. The van der Waals surface area contributed by atoms with Gasteiger partial charge in [0.1, 0.15) is 5.82 Å². The van der Waals surface area contributed by atoms with Crippen molar-refractivity contribution in [2.45, 2.75) is 24.9 Å². The number of hydrogen-bond acceptors (Lipinski definition) is 4.